The van der Waals surface area contributed by atoms with E-state index in [0.717, 1.165) is 30.4 Å². The largest absolute Gasteiger partial charge is 0.466 e. The molecule has 26 heavy (non-hydrogen) atoms. The van der Waals surface area contributed by atoms with Crippen LogP contribution in [0.3, 0.4) is 0 Å². The predicted octanol–water partition coefficient (Wildman–Crippen LogP) is 5.49. The molecular weight excluding hydrogens is 329 g/mol. The van der Waals surface area contributed by atoms with Gasteiger partial charge in [0.25, 0.3) is 0 Å². The van der Waals surface area contributed by atoms with Crippen LogP contribution in [-0.4, -0.2) is 19.3 Å². The van der Waals surface area contributed by atoms with Crippen molar-refractivity contribution in [1.82, 2.24) is 0 Å². The van der Waals surface area contributed by atoms with Gasteiger partial charge in [0, 0.05) is 12.0 Å². The number of carbonyl (C=O) groups is 1. The summed E-state index contributed by atoms with van der Waals surface area (Å²) in [5.41, 5.74) is 3.81. The first kappa shape index (κ1) is 18.6. The zero-order valence-corrected chi connectivity index (χ0v) is 15.5. The molecule has 0 N–H and O–H groups in total. The second kappa shape index (κ2) is 7.98. The van der Waals surface area contributed by atoms with Crippen LogP contribution >= 0.6 is 0 Å². The maximum atomic E-state index is 13.8. The van der Waals surface area contributed by atoms with Gasteiger partial charge in [-0.25, -0.2) is 4.39 Å². The number of carbonyl (C=O) groups excluding carboxylic acids is 1. The summed E-state index contributed by atoms with van der Waals surface area (Å²) in [6.07, 6.45) is 7.93. The van der Waals surface area contributed by atoms with Crippen molar-refractivity contribution >= 4 is 23.9 Å². The van der Waals surface area contributed by atoms with Gasteiger partial charge in [-0.15, -0.1) is 0 Å². The molecule has 3 rings (SSSR count). The summed E-state index contributed by atoms with van der Waals surface area (Å²) < 4.78 is 18.9. The number of halogens is 1. The van der Waals surface area contributed by atoms with Crippen LogP contribution in [-0.2, 0) is 9.53 Å². The van der Waals surface area contributed by atoms with Gasteiger partial charge in [-0.3, -0.25) is 9.79 Å². The second-order valence-corrected chi connectivity index (χ2v) is 7.19. The Labute approximate surface area is 154 Å². The number of nitrogens with zero attached hydrogens (tertiary/aromatic N) is 1. The molecule has 0 amide bonds. The molecule has 2 aliphatic carbocycles. The molecule has 4 heteroatoms. The topological polar surface area (TPSA) is 38.7 Å². The predicted molar refractivity (Wildman–Crippen MR) is 103 cm³/mol. The molecule has 0 aliphatic heterocycles. The number of allylic oxidation sites excluding steroid dienone is 4. The fourth-order valence-electron chi connectivity index (χ4n) is 4.52. The molecule has 138 valence electrons. The Hall–Kier alpha value is -2.23. The Morgan fingerprint density at radius 1 is 1.42 bits per heavy atom. The third-order valence-electron chi connectivity index (χ3n) is 5.56. The van der Waals surface area contributed by atoms with Crippen LogP contribution in [0, 0.1) is 23.6 Å². The maximum Gasteiger partial charge on any atom is 0.306 e. The highest BCUT2D eigenvalue weighted by molar-refractivity contribution is 5.85. The minimum Gasteiger partial charge on any atom is -0.466 e. The fraction of sp³-hybridized carbons (Fsp3) is 0.455. The summed E-state index contributed by atoms with van der Waals surface area (Å²) in [5, 5.41) is 0. The van der Waals surface area contributed by atoms with Crippen LogP contribution < -0.4 is 0 Å². The van der Waals surface area contributed by atoms with E-state index in [1.54, 1.807) is 6.07 Å². The molecule has 0 heterocycles. The molecule has 0 spiro atoms. The Morgan fingerprint density at radius 3 is 2.88 bits per heavy atom. The fourth-order valence-corrected chi connectivity index (χ4v) is 4.52. The summed E-state index contributed by atoms with van der Waals surface area (Å²) in [6, 6.07) is 4.63. The zero-order valence-electron chi connectivity index (χ0n) is 15.5. The summed E-state index contributed by atoms with van der Waals surface area (Å²) in [6.45, 7) is 7.88. The molecule has 0 saturated heterocycles. The first-order chi connectivity index (χ1) is 12.5. The summed E-state index contributed by atoms with van der Waals surface area (Å²) in [5.74, 6) is 1.12. The van der Waals surface area contributed by atoms with Crippen LogP contribution in [0.15, 0.2) is 40.9 Å². The quantitative estimate of drug-likeness (QED) is 0.500. The van der Waals surface area contributed by atoms with Gasteiger partial charge in [0.1, 0.15) is 5.82 Å². The molecule has 0 unspecified atom stereocenters. The van der Waals surface area contributed by atoms with Crippen molar-refractivity contribution in [3.8, 4) is 0 Å². The number of ether oxygens (including phenoxy) is 1. The van der Waals surface area contributed by atoms with Crippen molar-refractivity contribution < 1.29 is 13.9 Å². The van der Waals surface area contributed by atoms with E-state index in [1.165, 1.54) is 17.7 Å². The van der Waals surface area contributed by atoms with Crippen LogP contribution in [0.4, 0.5) is 10.1 Å². The molecular formula is C22H26FNO2. The number of hydrogen-bond donors (Lipinski definition) is 0. The van der Waals surface area contributed by atoms with Crippen molar-refractivity contribution in [3.05, 3.63) is 47.3 Å². The number of benzene rings is 1. The molecule has 1 aromatic carbocycles. The monoisotopic (exact) mass is 355 g/mol. The normalized spacial score (nSPS) is 25.0. The standard InChI is InChI=1S/C22H26FNO2/c1-4-19(20-13-18(23)6-7-21(20)24-3)17-11-15-8-14(9-16(15)12-17)10-22(25)26-5-2/h4,6-7,11,13-16H,3,5,8-10,12H2,1-2H3/b19-4-/t14-,15+,16-/m1/s1. The van der Waals surface area contributed by atoms with E-state index in [2.05, 4.69) is 17.8 Å². The highest BCUT2D eigenvalue weighted by atomic mass is 19.1. The van der Waals surface area contributed by atoms with Crippen LogP contribution in [0.25, 0.3) is 5.57 Å². The Kier molecular flexibility index (Phi) is 5.70. The first-order valence-corrected chi connectivity index (χ1v) is 9.35. The van der Waals surface area contributed by atoms with Crippen LogP contribution in [0.2, 0.25) is 0 Å². The number of rotatable bonds is 6. The second-order valence-electron chi connectivity index (χ2n) is 7.19. The first-order valence-electron chi connectivity index (χ1n) is 9.35. The zero-order chi connectivity index (χ0) is 18.7. The molecule has 1 fully saturated rings. The van der Waals surface area contributed by atoms with Gasteiger partial charge < -0.3 is 4.74 Å². The van der Waals surface area contributed by atoms with Gasteiger partial charge in [-0.2, -0.15) is 0 Å². The van der Waals surface area contributed by atoms with Crippen molar-refractivity contribution in [1.29, 1.82) is 0 Å². The minimum atomic E-state index is -0.264. The third-order valence-corrected chi connectivity index (χ3v) is 5.56. The number of esters is 1. The lowest BCUT2D eigenvalue weighted by Crippen LogP contribution is -2.10. The maximum absolute atomic E-state index is 13.8. The van der Waals surface area contributed by atoms with Gasteiger partial charge in [-0.05, 0) is 86.9 Å². The SMILES string of the molecule is C=Nc1ccc(F)cc1/C(=C\C)C1=C[C@@H]2C[C@@H](CC(=O)OCC)C[C@@H]2C1. The van der Waals surface area contributed by atoms with E-state index in [1.807, 2.05) is 19.9 Å². The molecule has 2 aliphatic rings. The smallest absolute Gasteiger partial charge is 0.306 e. The highest BCUT2D eigenvalue weighted by Gasteiger charge is 2.38. The van der Waals surface area contributed by atoms with Crippen molar-refractivity contribution in [2.24, 2.45) is 22.7 Å². The molecule has 3 atom stereocenters. The van der Waals surface area contributed by atoms with Gasteiger partial charge in [-0.1, -0.05) is 12.2 Å². The van der Waals surface area contributed by atoms with Gasteiger partial charge in [0.15, 0.2) is 0 Å². The van der Waals surface area contributed by atoms with E-state index < -0.39 is 0 Å². The summed E-state index contributed by atoms with van der Waals surface area (Å²) >= 11 is 0. The van der Waals surface area contributed by atoms with E-state index in [0.29, 0.717) is 36.5 Å². The Morgan fingerprint density at radius 2 is 2.23 bits per heavy atom. The summed E-state index contributed by atoms with van der Waals surface area (Å²) in [4.78, 5) is 15.8. The molecule has 3 nitrogen and oxygen atoms in total. The van der Waals surface area contributed by atoms with E-state index in [4.69, 9.17) is 4.74 Å². The Bertz CT molecular complexity index is 765. The molecule has 0 aromatic heterocycles. The average molecular weight is 355 g/mol. The summed E-state index contributed by atoms with van der Waals surface area (Å²) in [7, 11) is 0. The minimum absolute atomic E-state index is 0.0859. The van der Waals surface area contributed by atoms with Gasteiger partial charge in [0.2, 0.25) is 0 Å². The molecule has 1 saturated carbocycles. The lowest BCUT2D eigenvalue weighted by Gasteiger charge is -2.14. The number of aliphatic imine (C=N–C) groups is 1. The van der Waals surface area contributed by atoms with E-state index >= 15 is 0 Å². The number of hydrogen-bond acceptors (Lipinski definition) is 3. The molecule has 0 bridgehead atoms. The van der Waals surface area contributed by atoms with Crippen LogP contribution in [0.5, 0.6) is 0 Å². The number of fused-ring (bicyclic) bond motifs is 1. The molecule has 0 radical (unpaired) electrons. The van der Waals surface area contributed by atoms with Crippen LogP contribution in [0.1, 0.15) is 45.1 Å². The van der Waals surface area contributed by atoms with Gasteiger partial charge >= 0.3 is 5.97 Å². The van der Waals surface area contributed by atoms with Crippen molar-refractivity contribution in [3.63, 3.8) is 0 Å². The van der Waals surface area contributed by atoms with E-state index in [-0.39, 0.29) is 11.8 Å². The van der Waals surface area contributed by atoms with Crippen molar-refractivity contribution in [2.45, 2.75) is 39.5 Å². The van der Waals surface area contributed by atoms with Crippen molar-refractivity contribution in [2.75, 3.05) is 6.61 Å². The lowest BCUT2D eigenvalue weighted by molar-refractivity contribution is -0.144. The van der Waals surface area contributed by atoms with E-state index in [9.17, 15) is 9.18 Å². The van der Waals surface area contributed by atoms with Gasteiger partial charge in [0.05, 0.1) is 12.3 Å². The third kappa shape index (κ3) is 3.79. The highest BCUT2D eigenvalue weighted by Crippen LogP contribution is 2.50. The average Bonchev–Trinajstić information content (AvgIpc) is 3.14. The Balaban J connectivity index is 1.75. The lowest BCUT2D eigenvalue weighted by atomic mass is 9.91. The molecule has 1 aromatic rings.